The van der Waals surface area contributed by atoms with Gasteiger partial charge in [0.25, 0.3) is 0 Å². The van der Waals surface area contributed by atoms with Gasteiger partial charge in [-0.2, -0.15) is 4.98 Å². The highest BCUT2D eigenvalue weighted by atomic mass is 35.5. The fraction of sp³-hybridized carbons (Fsp3) is 0.500. The van der Waals surface area contributed by atoms with E-state index in [2.05, 4.69) is 27.4 Å². The molecule has 3 rings (SSSR count). The maximum atomic E-state index is 5.84. The summed E-state index contributed by atoms with van der Waals surface area (Å²) in [6.45, 7) is 4.11. The molecule has 0 saturated carbocycles. The van der Waals surface area contributed by atoms with Crippen LogP contribution in [0.15, 0.2) is 22.9 Å². The number of nitrogens with zero attached hydrogens (tertiary/aromatic N) is 3. The fourth-order valence-electron chi connectivity index (χ4n) is 2.65. The minimum absolute atomic E-state index is 0.0457. The largest absolute Gasteiger partial charge is 0.338 e. The van der Waals surface area contributed by atoms with Crippen LogP contribution in [0.2, 0.25) is 5.02 Å². The molecule has 5 nitrogen and oxygen atoms in total. The van der Waals surface area contributed by atoms with Gasteiger partial charge in [-0.3, -0.25) is 4.98 Å². The number of piperidine rings is 1. The molecule has 0 bridgehead atoms. The van der Waals surface area contributed by atoms with Gasteiger partial charge in [0, 0.05) is 12.7 Å². The second-order valence-corrected chi connectivity index (χ2v) is 5.64. The predicted molar refractivity (Wildman–Crippen MR) is 76.6 cm³/mol. The van der Waals surface area contributed by atoms with E-state index in [9.17, 15) is 0 Å². The monoisotopic (exact) mass is 292 g/mol. The summed E-state index contributed by atoms with van der Waals surface area (Å²) < 4.78 is 5.51. The molecule has 106 valence electrons. The zero-order chi connectivity index (χ0) is 14.0. The van der Waals surface area contributed by atoms with Crippen LogP contribution in [0.5, 0.6) is 0 Å². The molecule has 1 aliphatic heterocycles. The van der Waals surface area contributed by atoms with Crippen LogP contribution in [0.4, 0.5) is 0 Å². The summed E-state index contributed by atoms with van der Waals surface area (Å²) in [7, 11) is 0. The van der Waals surface area contributed by atoms with Crippen LogP contribution < -0.4 is 5.32 Å². The second-order valence-electron chi connectivity index (χ2n) is 5.20. The van der Waals surface area contributed by atoms with Crippen LogP contribution in [0, 0.1) is 0 Å². The molecule has 1 unspecified atom stereocenters. The molecule has 6 heteroatoms. The van der Waals surface area contributed by atoms with Crippen molar-refractivity contribution in [2.24, 2.45) is 0 Å². The number of aromatic nitrogens is 3. The average Bonchev–Trinajstić information content (AvgIpc) is 2.99. The zero-order valence-electron chi connectivity index (χ0n) is 11.4. The number of rotatable bonds is 3. The Balaban J connectivity index is 1.91. The maximum absolute atomic E-state index is 5.84. The standard InChI is InChI=1S/C14H17ClN4O/c1-2-14(6-3-7-16-9-14)13-18-12(19-20-13)11-5-4-10(15)8-17-11/h4-5,8,16H,2-3,6-7,9H2,1H3. The third kappa shape index (κ3) is 2.43. The van der Waals surface area contributed by atoms with E-state index in [0.29, 0.717) is 22.4 Å². The van der Waals surface area contributed by atoms with Gasteiger partial charge in [0.05, 0.1) is 10.4 Å². The Morgan fingerprint density at radius 2 is 2.35 bits per heavy atom. The molecule has 3 heterocycles. The Labute approximate surface area is 122 Å². The first-order chi connectivity index (χ1) is 9.73. The molecule has 0 aromatic carbocycles. The van der Waals surface area contributed by atoms with Crippen LogP contribution in [0.1, 0.15) is 32.1 Å². The van der Waals surface area contributed by atoms with Gasteiger partial charge < -0.3 is 9.84 Å². The summed E-state index contributed by atoms with van der Waals surface area (Å²) in [6.07, 6.45) is 4.78. The van der Waals surface area contributed by atoms with Crippen LogP contribution in [0.25, 0.3) is 11.5 Å². The number of nitrogens with one attached hydrogen (secondary N) is 1. The predicted octanol–water partition coefficient (Wildman–Crippen LogP) is 2.82. The minimum atomic E-state index is -0.0457. The molecule has 20 heavy (non-hydrogen) atoms. The van der Waals surface area contributed by atoms with Crippen molar-refractivity contribution in [2.75, 3.05) is 13.1 Å². The van der Waals surface area contributed by atoms with Crippen LogP contribution in [-0.2, 0) is 5.41 Å². The molecule has 0 radical (unpaired) electrons. The van der Waals surface area contributed by atoms with Gasteiger partial charge in [0.1, 0.15) is 5.69 Å². The molecule has 0 spiro atoms. The van der Waals surface area contributed by atoms with Crippen molar-refractivity contribution in [1.29, 1.82) is 0 Å². The van der Waals surface area contributed by atoms with Gasteiger partial charge in [-0.05, 0) is 37.9 Å². The highest BCUT2D eigenvalue weighted by molar-refractivity contribution is 6.30. The van der Waals surface area contributed by atoms with E-state index in [4.69, 9.17) is 16.1 Å². The average molecular weight is 293 g/mol. The van der Waals surface area contributed by atoms with Gasteiger partial charge in [0.15, 0.2) is 0 Å². The normalized spacial score (nSPS) is 22.9. The Bertz CT molecular complexity index is 575. The van der Waals surface area contributed by atoms with Crippen LogP contribution in [0.3, 0.4) is 0 Å². The first kappa shape index (κ1) is 13.5. The molecule has 1 fully saturated rings. The van der Waals surface area contributed by atoms with Crippen molar-refractivity contribution in [1.82, 2.24) is 20.4 Å². The Kier molecular flexibility index (Phi) is 3.72. The van der Waals surface area contributed by atoms with E-state index in [0.717, 1.165) is 32.4 Å². The van der Waals surface area contributed by atoms with E-state index in [-0.39, 0.29) is 5.41 Å². The lowest BCUT2D eigenvalue weighted by Gasteiger charge is -2.33. The first-order valence-corrected chi connectivity index (χ1v) is 7.28. The summed E-state index contributed by atoms with van der Waals surface area (Å²) in [5.41, 5.74) is 0.634. The molecule has 0 amide bonds. The summed E-state index contributed by atoms with van der Waals surface area (Å²) >= 11 is 5.84. The van der Waals surface area contributed by atoms with Crippen molar-refractivity contribution in [3.63, 3.8) is 0 Å². The molecule has 1 atom stereocenters. The maximum Gasteiger partial charge on any atom is 0.234 e. The first-order valence-electron chi connectivity index (χ1n) is 6.90. The highest BCUT2D eigenvalue weighted by Crippen LogP contribution is 2.34. The lowest BCUT2D eigenvalue weighted by Crippen LogP contribution is -2.43. The molecular weight excluding hydrogens is 276 g/mol. The number of hydrogen-bond acceptors (Lipinski definition) is 5. The molecule has 1 saturated heterocycles. The fourth-order valence-corrected chi connectivity index (χ4v) is 2.77. The molecule has 2 aromatic rings. The van der Waals surface area contributed by atoms with E-state index in [1.165, 1.54) is 0 Å². The van der Waals surface area contributed by atoms with Crippen molar-refractivity contribution in [3.05, 3.63) is 29.2 Å². The summed E-state index contributed by atoms with van der Waals surface area (Å²) in [5.74, 6) is 1.23. The molecule has 1 N–H and O–H groups in total. The molecule has 1 aliphatic rings. The van der Waals surface area contributed by atoms with Crippen molar-refractivity contribution >= 4 is 11.6 Å². The van der Waals surface area contributed by atoms with Crippen molar-refractivity contribution in [2.45, 2.75) is 31.6 Å². The summed E-state index contributed by atoms with van der Waals surface area (Å²) in [4.78, 5) is 8.78. The van der Waals surface area contributed by atoms with Gasteiger partial charge in [0.2, 0.25) is 11.7 Å². The SMILES string of the molecule is CCC1(c2nc(-c3ccc(Cl)cn3)no2)CCCNC1. The smallest absolute Gasteiger partial charge is 0.234 e. The highest BCUT2D eigenvalue weighted by Gasteiger charge is 2.37. The lowest BCUT2D eigenvalue weighted by molar-refractivity contribution is 0.221. The Morgan fingerprint density at radius 1 is 1.45 bits per heavy atom. The zero-order valence-corrected chi connectivity index (χ0v) is 12.2. The number of hydrogen-bond donors (Lipinski definition) is 1. The molecular formula is C14H17ClN4O. The van der Waals surface area contributed by atoms with Crippen LogP contribution in [-0.4, -0.2) is 28.2 Å². The van der Waals surface area contributed by atoms with E-state index in [1.54, 1.807) is 18.3 Å². The third-order valence-corrected chi connectivity index (χ3v) is 4.21. The van der Waals surface area contributed by atoms with E-state index >= 15 is 0 Å². The van der Waals surface area contributed by atoms with E-state index < -0.39 is 0 Å². The van der Waals surface area contributed by atoms with Crippen molar-refractivity contribution < 1.29 is 4.52 Å². The van der Waals surface area contributed by atoms with Gasteiger partial charge in [-0.15, -0.1) is 0 Å². The molecule has 0 aliphatic carbocycles. The van der Waals surface area contributed by atoms with Gasteiger partial charge in [-0.25, -0.2) is 0 Å². The second kappa shape index (κ2) is 5.50. The third-order valence-electron chi connectivity index (χ3n) is 3.99. The van der Waals surface area contributed by atoms with E-state index in [1.807, 2.05) is 0 Å². The topological polar surface area (TPSA) is 63.8 Å². The van der Waals surface area contributed by atoms with Crippen LogP contribution >= 0.6 is 11.6 Å². The lowest BCUT2D eigenvalue weighted by atomic mass is 9.78. The number of halogens is 1. The van der Waals surface area contributed by atoms with Gasteiger partial charge >= 0.3 is 0 Å². The summed E-state index contributed by atoms with van der Waals surface area (Å²) in [5, 5.41) is 8.08. The van der Waals surface area contributed by atoms with Gasteiger partial charge in [-0.1, -0.05) is 23.7 Å². The quantitative estimate of drug-likeness (QED) is 0.942. The minimum Gasteiger partial charge on any atom is -0.338 e. The Morgan fingerprint density at radius 3 is 3.00 bits per heavy atom. The molecule has 2 aromatic heterocycles. The number of pyridine rings is 1. The Hall–Kier alpha value is -1.46. The van der Waals surface area contributed by atoms with Crippen molar-refractivity contribution in [3.8, 4) is 11.5 Å². The summed E-state index contributed by atoms with van der Waals surface area (Å²) in [6, 6.07) is 3.58.